The van der Waals surface area contributed by atoms with Gasteiger partial charge in [-0.25, -0.2) is 0 Å². The first-order valence-electron chi connectivity index (χ1n) is 6.65. The van der Waals surface area contributed by atoms with Crippen LogP contribution in [0.25, 0.3) is 0 Å². The van der Waals surface area contributed by atoms with Crippen LogP contribution in [0.4, 0.5) is 13.2 Å². The number of halogens is 3. The molecule has 0 aliphatic carbocycles. The summed E-state index contributed by atoms with van der Waals surface area (Å²) in [6.07, 6.45) is -4.54. The maximum absolute atomic E-state index is 12.6. The Hall–Kier alpha value is -1.36. The van der Waals surface area contributed by atoms with Crippen LogP contribution < -0.4 is 5.32 Å². The van der Waals surface area contributed by atoms with Gasteiger partial charge in [-0.05, 0) is 6.92 Å². The van der Waals surface area contributed by atoms with E-state index in [1.807, 2.05) is 0 Å². The molecule has 0 aliphatic heterocycles. The summed E-state index contributed by atoms with van der Waals surface area (Å²) >= 11 is 0. The summed E-state index contributed by atoms with van der Waals surface area (Å²) in [6.45, 7) is 2.01. The first kappa shape index (κ1) is 19.7. The summed E-state index contributed by atoms with van der Waals surface area (Å²) < 4.78 is 38.8. The van der Waals surface area contributed by atoms with Crippen molar-refractivity contribution in [1.29, 1.82) is 0 Å². The van der Waals surface area contributed by atoms with Gasteiger partial charge in [0.05, 0.1) is 6.42 Å². The van der Waals surface area contributed by atoms with Crippen LogP contribution in [0.2, 0.25) is 0 Å². The van der Waals surface area contributed by atoms with Crippen molar-refractivity contribution in [3.05, 3.63) is 17.5 Å². The quantitative estimate of drug-likeness (QED) is 0.513. The van der Waals surface area contributed by atoms with Crippen LogP contribution >= 0.6 is 21.6 Å². The molecule has 130 valence electrons. The number of nitrogens with zero attached hydrogens (tertiary/aromatic N) is 2. The number of carbonyl (C=O) groups is 2. The maximum atomic E-state index is 12.6. The normalized spacial score (nSPS) is 11.5. The number of rotatable bonds is 9. The molecule has 0 bridgehead atoms. The molecule has 1 rings (SSSR count). The Kier molecular flexibility index (Phi) is 7.76. The fourth-order valence-electron chi connectivity index (χ4n) is 1.52. The Labute approximate surface area is 138 Å². The molecule has 0 aromatic carbocycles. The smallest absolute Gasteiger partial charge is 0.435 e. The first-order valence-corrected chi connectivity index (χ1v) is 9.14. The molecule has 0 saturated heterocycles. The molecule has 0 radical (unpaired) electrons. The lowest BCUT2D eigenvalue weighted by Crippen LogP contribution is -2.28. The molecule has 23 heavy (non-hydrogen) atoms. The van der Waals surface area contributed by atoms with Crippen molar-refractivity contribution in [2.75, 3.05) is 18.1 Å². The highest BCUT2D eigenvalue weighted by Gasteiger charge is 2.35. The molecule has 1 aromatic rings. The third-order valence-corrected chi connectivity index (χ3v) is 4.96. The van der Waals surface area contributed by atoms with E-state index in [4.69, 9.17) is 5.11 Å². The zero-order valence-electron chi connectivity index (χ0n) is 12.2. The zero-order chi connectivity index (χ0) is 17.5. The van der Waals surface area contributed by atoms with Gasteiger partial charge in [-0.1, -0.05) is 21.6 Å². The highest BCUT2D eigenvalue weighted by Crippen LogP contribution is 2.28. The predicted molar refractivity (Wildman–Crippen MR) is 82.4 cm³/mol. The Morgan fingerprint density at radius 2 is 2.00 bits per heavy atom. The van der Waals surface area contributed by atoms with Crippen molar-refractivity contribution in [2.24, 2.45) is 0 Å². The fraction of sp³-hybridized carbons (Fsp3) is 0.583. The number of carboxylic acids is 1. The average molecular weight is 371 g/mol. The number of hydrogen-bond acceptors (Lipinski definition) is 5. The summed E-state index contributed by atoms with van der Waals surface area (Å²) in [5.74, 6) is -0.529. The van der Waals surface area contributed by atoms with E-state index in [9.17, 15) is 22.8 Å². The van der Waals surface area contributed by atoms with Crippen LogP contribution in [-0.4, -0.2) is 44.8 Å². The van der Waals surface area contributed by atoms with Crippen molar-refractivity contribution in [3.8, 4) is 0 Å². The molecule has 0 unspecified atom stereocenters. The van der Waals surface area contributed by atoms with Gasteiger partial charge in [0, 0.05) is 30.7 Å². The number of aliphatic carboxylic acids is 1. The lowest BCUT2D eigenvalue weighted by atomic mass is 10.3. The minimum Gasteiger partial charge on any atom is -0.481 e. The second-order valence-electron chi connectivity index (χ2n) is 4.27. The van der Waals surface area contributed by atoms with Crippen LogP contribution in [0.15, 0.2) is 6.07 Å². The molecular formula is C12H16F3N3O3S2. The number of aromatic nitrogens is 2. The van der Waals surface area contributed by atoms with E-state index in [1.165, 1.54) is 21.6 Å². The highest BCUT2D eigenvalue weighted by molar-refractivity contribution is 8.76. The van der Waals surface area contributed by atoms with Gasteiger partial charge in [0.25, 0.3) is 5.91 Å². The van der Waals surface area contributed by atoms with Gasteiger partial charge in [0.2, 0.25) is 0 Å². The fourth-order valence-corrected chi connectivity index (χ4v) is 3.41. The molecule has 0 fully saturated rings. The van der Waals surface area contributed by atoms with Crippen LogP contribution in [0.3, 0.4) is 0 Å². The lowest BCUT2D eigenvalue weighted by Gasteiger charge is -2.06. The summed E-state index contributed by atoms with van der Waals surface area (Å²) in [6, 6.07) is 0.730. The summed E-state index contributed by atoms with van der Waals surface area (Å²) in [4.78, 5) is 22.2. The summed E-state index contributed by atoms with van der Waals surface area (Å²) in [5, 5.41) is 14.3. The predicted octanol–water partition coefficient (Wildman–Crippen LogP) is 2.51. The minimum absolute atomic E-state index is 0.0555. The molecule has 1 amide bonds. The highest BCUT2D eigenvalue weighted by atomic mass is 33.1. The molecule has 0 aliphatic rings. The first-order chi connectivity index (χ1) is 10.8. The molecule has 11 heteroatoms. The Bertz CT molecular complexity index is 549. The molecular weight excluding hydrogens is 355 g/mol. The number of aryl methyl sites for hydroxylation is 1. The number of nitrogens with one attached hydrogen (secondary N) is 1. The number of alkyl halides is 3. The van der Waals surface area contributed by atoms with E-state index < -0.39 is 23.7 Å². The van der Waals surface area contributed by atoms with Gasteiger partial charge in [0.1, 0.15) is 5.69 Å². The second kappa shape index (κ2) is 9.06. The number of hydrogen-bond donors (Lipinski definition) is 2. The Morgan fingerprint density at radius 1 is 1.35 bits per heavy atom. The van der Waals surface area contributed by atoms with Gasteiger partial charge in [0.15, 0.2) is 5.69 Å². The Morgan fingerprint density at radius 3 is 2.57 bits per heavy atom. The number of carboxylic acid groups (broad SMARTS) is 1. The van der Waals surface area contributed by atoms with E-state index in [0.717, 1.165) is 10.7 Å². The monoisotopic (exact) mass is 371 g/mol. The number of carbonyl (C=O) groups excluding carboxylic acids is 1. The molecule has 6 nitrogen and oxygen atoms in total. The molecule has 1 heterocycles. The zero-order valence-corrected chi connectivity index (χ0v) is 13.9. The van der Waals surface area contributed by atoms with Gasteiger partial charge in [-0.2, -0.15) is 18.3 Å². The minimum atomic E-state index is -4.59. The largest absolute Gasteiger partial charge is 0.481 e. The molecule has 1 aromatic heterocycles. The molecule has 0 atom stereocenters. The van der Waals surface area contributed by atoms with Crippen LogP contribution in [-0.2, 0) is 17.5 Å². The average Bonchev–Trinajstić information content (AvgIpc) is 2.90. The molecule has 2 N–H and O–H groups in total. The van der Waals surface area contributed by atoms with Gasteiger partial charge in [-0.3, -0.25) is 14.3 Å². The van der Waals surface area contributed by atoms with Crippen LogP contribution in [0.5, 0.6) is 0 Å². The third kappa shape index (κ3) is 6.73. The third-order valence-electron chi connectivity index (χ3n) is 2.56. The maximum Gasteiger partial charge on any atom is 0.435 e. The summed E-state index contributed by atoms with van der Waals surface area (Å²) in [5.41, 5.74) is -1.23. The number of amides is 1. The molecule has 0 spiro atoms. The Balaban J connectivity index is 2.43. The second-order valence-corrected chi connectivity index (χ2v) is 6.97. The van der Waals surface area contributed by atoms with Crippen molar-refractivity contribution < 1.29 is 27.9 Å². The SMILES string of the molecule is CCn1nc(C(F)(F)F)cc1C(=O)NCCSSCCC(=O)O. The van der Waals surface area contributed by atoms with E-state index >= 15 is 0 Å². The van der Waals surface area contributed by atoms with Crippen molar-refractivity contribution >= 4 is 33.5 Å². The van der Waals surface area contributed by atoms with Gasteiger partial charge < -0.3 is 10.4 Å². The van der Waals surface area contributed by atoms with E-state index in [1.54, 1.807) is 6.92 Å². The van der Waals surface area contributed by atoms with Crippen LogP contribution in [0, 0.1) is 0 Å². The standard InChI is InChI=1S/C12H16F3N3O3S2/c1-2-18-8(7-9(17-18)12(13,14)15)11(21)16-4-6-23-22-5-3-10(19)20/h7H,2-6H2,1H3,(H,16,21)(H,19,20). The lowest BCUT2D eigenvalue weighted by molar-refractivity contribution is -0.141. The molecule has 0 saturated carbocycles. The topological polar surface area (TPSA) is 84.2 Å². The van der Waals surface area contributed by atoms with E-state index in [-0.39, 0.29) is 25.2 Å². The van der Waals surface area contributed by atoms with Gasteiger partial charge in [-0.15, -0.1) is 0 Å². The van der Waals surface area contributed by atoms with Crippen molar-refractivity contribution in [3.63, 3.8) is 0 Å². The van der Waals surface area contributed by atoms with E-state index in [2.05, 4.69) is 10.4 Å². The summed E-state index contributed by atoms with van der Waals surface area (Å²) in [7, 11) is 2.75. The van der Waals surface area contributed by atoms with Crippen molar-refractivity contribution in [1.82, 2.24) is 15.1 Å². The van der Waals surface area contributed by atoms with Crippen LogP contribution in [0.1, 0.15) is 29.5 Å². The van der Waals surface area contributed by atoms with Gasteiger partial charge >= 0.3 is 12.1 Å². The van der Waals surface area contributed by atoms with Crippen molar-refractivity contribution in [2.45, 2.75) is 26.1 Å². The van der Waals surface area contributed by atoms with E-state index in [0.29, 0.717) is 11.5 Å².